The van der Waals surface area contributed by atoms with Gasteiger partial charge >= 0.3 is 11.9 Å². The lowest BCUT2D eigenvalue weighted by Crippen LogP contribution is -2.44. The van der Waals surface area contributed by atoms with Gasteiger partial charge < -0.3 is 33.3 Å². The number of hydrogen-bond donors (Lipinski definition) is 0. The fraction of sp³-hybridized carbons (Fsp3) is 0.837. The number of carboxylic acids is 1. The van der Waals surface area contributed by atoms with E-state index in [1.807, 2.05) is 21.1 Å². The Morgan fingerprint density at radius 3 is 0.842 bits per heavy atom. The summed E-state index contributed by atoms with van der Waals surface area (Å²) >= 11 is 0. The van der Waals surface area contributed by atoms with Gasteiger partial charge in [-0.25, -0.2) is 0 Å². The highest BCUT2D eigenvalue weighted by molar-refractivity contribution is 5.70. The maximum absolute atomic E-state index is 13.0. The minimum absolute atomic E-state index is 0.150. The van der Waals surface area contributed by atoms with Gasteiger partial charge in [0, 0.05) is 12.8 Å². The van der Waals surface area contributed by atoms with Crippen molar-refractivity contribution in [1.29, 1.82) is 0 Å². The van der Waals surface area contributed by atoms with Crippen LogP contribution in [0, 0.1) is 0 Å². The number of carbonyl (C=O) groups excluding carboxylic acids is 3. The lowest BCUT2D eigenvalue weighted by molar-refractivity contribution is -0.870. The van der Waals surface area contributed by atoms with Gasteiger partial charge in [0.2, 0.25) is 0 Å². The second-order valence-corrected chi connectivity index (χ2v) is 31.2. The monoisotopic (exact) mass is 1420 g/mol. The van der Waals surface area contributed by atoms with E-state index in [4.69, 9.17) is 18.9 Å². The summed E-state index contributed by atoms with van der Waals surface area (Å²) in [6.07, 6.45) is 109. The lowest BCUT2D eigenvalue weighted by Gasteiger charge is -2.26. The second-order valence-electron chi connectivity index (χ2n) is 31.2. The summed E-state index contributed by atoms with van der Waals surface area (Å²) < 4.78 is 22.9. The fourth-order valence-corrected chi connectivity index (χ4v) is 13.3. The molecule has 590 valence electrons. The topological polar surface area (TPSA) is 111 Å². The number of nitrogens with zero attached hydrogens (tertiary/aromatic N) is 1. The third kappa shape index (κ3) is 83.9. The highest BCUT2D eigenvalue weighted by Gasteiger charge is 2.22. The van der Waals surface area contributed by atoms with Crippen molar-refractivity contribution in [3.8, 4) is 0 Å². The van der Waals surface area contributed by atoms with E-state index in [0.29, 0.717) is 17.4 Å². The largest absolute Gasteiger partial charge is 0.545 e. The molecule has 0 saturated carbocycles. The van der Waals surface area contributed by atoms with Crippen molar-refractivity contribution >= 4 is 17.9 Å². The number of aliphatic carboxylic acids is 1. The van der Waals surface area contributed by atoms with Gasteiger partial charge in [0.25, 0.3) is 0 Å². The first-order valence-corrected chi connectivity index (χ1v) is 44.1. The molecule has 0 aliphatic carbocycles. The zero-order valence-corrected chi connectivity index (χ0v) is 67.8. The summed E-state index contributed by atoms with van der Waals surface area (Å²) in [5.41, 5.74) is 0. The SMILES string of the molecule is CC/C=C\C/C=C\C/C=C\C/C=C\CCCCCCCCCCCCCCCCCCCCCCCCCCCCC(=O)OC(COC(=O)CCCCCCCCCCCCCCCCCCCCCCCCCCC/C=C\C/C=C\CCCCCCC)COC(OCC[N+](C)(C)C)C(=O)[O-]. The fourth-order valence-electron chi connectivity index (χ4n) is 13.3. The molecule has 0 N–H and O–H groups in total. The minimum Gasteiger partial charge on any atom is -0.545 e. The summed E-state index contributed by atoms with van der Waals surface area (Å²) in [6, 6.07) is 0. The van der Waals surface area contributed by atoms with Crippen molar-refractivity contribution in [2.45, 2.75) is 450 Å². The molecule has 0 aromatic heterocycles. The van der Waals surface area contributed by atoms with Gasteiger partial charge in [-0.05, 0) is 83.5 Å². The highest BCUT2D eigenvalue weighted by atomic mass is 16.7. The number of esters is 2. The quantitative estimate of drug-likeness (QED) is 0.0195. The van der Waals surface area contributed by atoms with Crippen LogP contribution in [0.2, 0.25) is 0 Å². The summed E-state index contributed by atoms with van der Waals surface area (Å²) in [5.74, 6) is -2.25. The van der Waals surface area contributed by atoms with Gasteiger partial charge in [-0.3, -0.25) is 9.59 Å². The van der Waals surface area contributed by atoms with E-state index in [2.05, 4.69) is 86.8 Å². The predicted molar refractivity (Wildman–Crippen MR) is 435 cm³/mol. The smallest absolute Gasteiger partial charge is 0.306 e. The standard InChI is InChI=1S/C92H169NO8/c1-6-8-10-12-14-16-18-20-22-24-26-28-30-32-34-36-38-40-42-44-45-47-49-51-53-55-57-59-61-63-65-67-69-71-73-75-77-79-81-83-90(95)101-88(87-100-92(91(96)97)98-85-84-93(3,4)5)86-99-89(94)82-80-78-76-74-72-70-68-66-64-62-60-58-56-54-52-50-48-46-43-41-39-37-35-33-31-29-27-25-23-21-19-17-15-13-11-9-7-2/h8,10,14,16,19-22,25-28,88,92H,6-7,9,11-13,15,17-18,23-24,29-87H2,1-5H3/b10-8-,16-14-,21-19-,22-20-,27-25-,28-26-. The number of rotatable bonds is 83. The third-order valence-electron chi connectivity index (χ3n) is 19.9. The average Bonchev–Trinajstić information content (AvgIpc) is 1.21. The van der Waals surface area contributed by atoms with Crippen LogP contribution in [0.25, 0.3) is 0 Å². The molecule has 0 heterocycles. The Balaban J connectivity index is 3.91. The third-order valence-corrected chi connectivity index (χ3v) is 19.9. The van der Waals surface area contributed by atoms with Gasteiger partial charge in [-0.15, -0.1) is 0 Å². The molecule has 0 aliphatic heterocycles. The Morgan fingerprint density at radius 2 is 0.564 bits per heavy atom. The van der Waals surface area contributed by atoms with E-state index in [1.54, 1.807) is 0 Å². The Bertz CT molecular complexity index is 1900. The molecule has 0 aromatic rings. The molecule has 0 bridgehead atoms. The number of carbonyl (C=O) groups is 3. The van der Waals surface area contributed by atoms with E-state index < -0.39 is 24.3 Å². The van der Waals surface area contributed by atoms with Crippen molar-refractivity contribution in [3.63, 3.8) is 0 Å². The van der Waals surface area contributed by atoms with Crippen LogP contribution in [-0.4, -0.2) is 82.3 Å². The second kappa shape index (κ2) is 82.4. The predicted octanol–water partition coefficient (Wildman–Crippen LogP) is 27.4. The minimum atomic E-state index is -1.62. The first-order valence-electron chi connectivity index (χ1n) is 44.1. The highest BCUT2D eigenvalue weighted by Crippen LogP contribution is 2.20. The number of ether oxygens (including phenoxy) is 4. The number of likely N-dealkylation sites (N-methyl/N-ethyl adjacent to an activating group) is 1. The Morgan fingerprint density at radius 1 is 0.307 bits per heavy atom. The van der Waals surface area contributed by atoms with Gasteiger partial charge in [0.1, 0.15) is 13.2 Å². The molecule has 0 amide bonds. The zero-order valence-electron chi connectivity index (χ0n) is 67.8. The van der Waals surface area contributed by atoms with Crippen LogP contribution >= 0.6 is 0 Å². The van der Waals surface area contributed by atoms with Crippen molar-refractivity contribution in [3.05, 3.63) is 72.9 Å². The van der Waals surface area contributed by atoms with Crippen LogP contribution in [-0.2, 0) is 33.3 Å². The van der Waals surface area contributed by atoms with Crippen LogP contribution in [0.4, 0.5) is 0 Å². The van der Waals surface area contributed by atoms with Crippen molar-refractivity contribution in [1.82, 2.24) is 0 Å². The van der Waals surface area contributed by atoms with Crippen LogP contribution in [0.1, 0.15) is 438 Å². The van der Waals surface area contributed by atoms with Crippen LogP contribution in [0.3, 0.4) is 0 Å². The molecule has 0 aromatic carbocycles. The maximum atomic E-state index is 13.0. The van der Waals surface area contributed by atoms with Gasteiger partial charge in [-0.2, -0.15) is 0 Å². The van der Waals surface area contributed by atoms with E-state index >= 15 is 0 Å². The first-order chi connectivity index (χ1) is 49.6. The number of carboxylic acid groups (broad SMARTS) is 1. The van der Waals surface area contributed by atoms with E-state index in [1.165, 1.54) is 340 Å². The molecule has 2 atom stereocenters. The average molecular weight is 1420 g/mol. The number of allylic oxidation sites excluding steroid dienone is 12. The molecule has 0 radical (unpaired) electrons. The molecule has 9 nitrogen and oxygen atoms in total. The van der Waals surface area contributed by atoms with Crippen molar-refractivity contribution in [2.24, 2.45) is 0 Å². The number of quaternary nitrogens is 1. The summed E-state index contributed by atoms with van der Waals surface area (Å²) in [4.78, 5) is 37.7. The normalized spacial score (nSPS) is 12.9. The van der Waals surface area contributed by atoms with Gasteiger partial charge in [-0.1, -0.05) is 414 Å². The zero-order chi connectivity index (χ0) is 73.2. The van der Waals surface area contributed by atoms with E-state index in [0.717, 1.165) is 70.6 Å². The van der Waals surface area contributed by atoms with Crippen molar-refractivity contribution in [2.75, 3.05) is 47.5 Å². The summed E-state index contributed by atoms with van der Waals surface area (Å²) in [7, 11) is 5.96. The maximum Gasteiger partial charge on any atom is 0.306 e. The van der Waals surface area contributed by atoms with Gasteiger partial charge in [0.15, 0.2) is 12.4 Å². The van der Waals surface area contributed by atoms with Gasteiger partial charge in [0.05, 0.1) is 40.3 Å². The lowest BCUT2D eigenvalue weighted by atomic mass is 10.0. The molecule has 0 aliphatic rings. The Kier molecular flexibility index (Phi) is 79.7. The van der Waals surface area contributed by atoms with E-state index in [9.17, 15) is 19.5 Å². The summed E-state index contributed by atoms with van der Waals surface area (Å²) in [5, 5.41) is 11.9. The molecule has 9 heteroatoms. The van der Waals surface area contributed by atoms with Crippen LogP contribution in [0.15, 0.2) is 72.9 Å². The Labute approximate surface area is 628 Å². The molecular formula is C92H169NO8. The molecule has 0 rings (SSSR count). The number of unbranched alkanes of at least 4 members (excludes halogenated alkanes) is 56. The molecule has 0 spiro atoms. The van der Waals surface area contributed by atoms with Crippen LogP contribution < -0.4 is 5.11 Å². The Hall–Kier alpha value is -3.27. The number of hydrogen-bond acceptors (Lipinski definition) is 8. The summed E-state index contributed by atoms with van der Waals surface area (Å²) in [6.45, 7) is 4.70. The van der Waals surface area contributed by atoms with E-state index in [-0.39, 0.29) is 32.2 Å². The first kappa shape index (κ1) is 97.7. The molecule has 0 saturated heterocycles. The van der Waals surface area contributed by atoms with Crippen LogP contribution in [0.5, 0.6) is 0 Å². The molecule has 101 heavy (non-hydrogen) atoms. The molecular weight excluding hydrogens is 1250 g/mol. The molecule has 0 fully saturated rings. The van der Waals surface area contributed by atoms with Crippen molar-refractivity contribution < 1.29 is 42.9 Å². The molecule has 2 unspecified atom stereocenters.